The highest BCUT2D eigenvalue weighted by molar-refractivity contribution is 5.67. The first-order chi connectivity index (χ1) is 12.3. The summed E-state index contributed by atoms with van der Waals surface area (Å²) in [5.41, 5.74) is 2.72. The van der Waals surface area contributed by atoms with Crippen molar-refractivity contribution in [1.29, 1.82) is 0 Å². The molecule has 3 rings (SSSR count). The predicted molar refractivity (Wildman–Crippen MR) is 103 cm³/mol. The zero-order valence-electron chi connectivity index (χ0n) is 15.5. The molecular formula is C22H31NO2. The van der Waals surface area contributed by atoms with Gasteiger partial charge in [0.15, 0.2) is 0 Å². The summed E-state index contributed by atoms with van der Waals surface area (Å²) >= 11 is 0. The smallest absolute Gasteiger partial charge is 0.121 e. The van der Waals surface area contributed by atoms with Crippen molar-refractivity contribution in [2.75, 3.05) is 19.6 Å². The van der Waals surface area contributed by atoms with Crippen LogP contribution in [-0.2, 0) is 4.79 Å². The van der Waals surface area contributed by atoms with E-state index in [1.807, 2.05) is 0 Å². The largest absolute Gasteiger partial charge is 0.490 e. The number of hydrogen-bond acceptors (Lipinski definition) is 3. The van der Waals surface area contributed by atoms with Crippen LogP contribution in [0.15, 0.2) is 30.3 Å². The minimum Gasteiger partial charge on any atom is -0.490 e. The summed E-state index contributed by atoms with van der Waals surface area (Å²) in [5, 5.41) is 0. The second kappa shape index (κ2) is 9.19. The first-order valence-corrected chi connectivity index (χ1v) is 9.90. The fourth-order valence-electron chi connectivity index (χ4n) is 4.01. The normalized spacial score (nSPS) is 24.6. The molecule has 3 heteroatoms. The summed E-state index contributed by atoms with van der Waals surface area (Å²) in [5.74, 6) is 1.92. The highest BCUT2D eigenvalue weighted by atomic mass is 16.5. The van der Waals surface area contributed by atoms with Crippen LogP contribution in [0.25, 0.3) is 5.57 Å². The minimum absolute atomic E-state index is 0.397. The van der Waals surface area contributed by atoms with Gasteiger partial charge in [-0.15, -0.1) is 0 Å². The van der Waals surface area contributed by atoms with Crippen LogP contribution in [0.4, 0.5) is 0 Å². The Hall–Kier alpha value is -1.61. The molecule has 0 bridgehead atoms. The minimum atomic E-state index is 0.397. The fourth-order valence-corrected chi connectivity index (χ4v) is 4.01. The van der Waals surface area contributed by atoms with E-state index >= 15 is 0 Å². The second-order valence-corrected chi connectivity index (χ2v) is 7.43. The summed E-state index contributed by atoms with van der Waals surface area (Å²) in [7, 11) is 0. The van der Waals surface area contributed by atoms with Gasteiger partial charge in [-0.2, -0.15) is 0 Å². The van der Waals surface area contributed by atoms with Crippen molar-refractivity contribution in [3.05, 3.63) is 35.9 Å². The maximum atomic E-state index is 10.5. The lowest BCUT2D eigenvalue weighted by Gasteiger charge is -2.28. The lowest BCUT2D eigenvalue weighted by Crippen LogP contribution is -2.29. The third-order valence-corrected chi connectivity index (χ3v) is 5.76. The summed E-state index contributed by atoms with van der Waals surface area (Å²) in [6, 6.07) is 8.64. The molecule has 0 amide bonds. The Bertz CT molecular complexity index is 570. The van der Waals surface area contributed by atoms with E-state index in [-0.39, 0.29) is 0 Å². The van der Waals surface area contributed by atoms with Gasteiger partial charge in [-0.1, -0.05) is 31.6 Å². The molecule has 0 unspecified atom stereocenters. The van der Waals surface area contributed by atoms with Gasteiger partial charge >= 0.3 is 0 Å². The Morgan fingerprint density at radius 1 is 1.16 bits per heavy atom. The second-order valence-electron chi connectivity index (χ2n) is 7.43. The van der Waals surface area contributed by atoms with E-state index in [0.717, 1.165) is 44.0 Å². The van der Waals surface area contributed by atoms with Gasteiger partial charge in [0.25, 0.3) is 0 Å². The van der Waals surface area contributed by atoms with Gasteiger partial charge in [0.2, 0.25) is 0 Å². The highest BCUT2D eigenvalue weighted by Gasteiger charge is 2.21. The van der Waals surface area contributed by atoms with Crippen LogP contribution in [0.3, 0.4) is 0 Å². The molecule has 25 heavy (non-hydrogen) atoms. The maximum absolute atomic E-state index is 10.5. The van der Waals surface area contributed by atoms with Gasteiger partial charge in [-0.25, -0.2) is 0 Å². The molecule has 0 N–H and O–H groups in total. The van der Waals surface area contributed by atoms with E-state index in [1.165, 1.54) is 43.2 Å². The van der Waals surface area contributed by atoms with Crippen LogP contribution >= 0.6 is 0 Å². The lowest BCUT2D eigenvalue weighted by atomic mass is 9.86. The summed E-state index contributed by atoms with van der Waals surface area (Å²) in [4.78, 5) is 12.8. The molecule has 0 radical (unpaired) electrons. The molecule has 1 heterocycles. The monoisotopic (exact) mass is 341 g/mol. The Kier molecular flexibility index (Phi) is 6.69. The summed E-state index contributed by atoms with van der Waals surface area (Å²) in [6.45, 7) is 5.16. The number of hydrogen-bond donors (Lipinski definition) is 0. The van der Waals surface area contributed by atoms with E-state index in [4.69, 9.17) is 4.74 Å². The van der Waals surface area contributed by atoms with E-state index in [0.29, 0.717) is 12.5 Å². The lowest BCUT2D eigenvalue weighted by molar-refractivity contribution is -0.108. The maximum Gasteiger partial charge on any atom is 0.121 e. The predicted octanol–water partition coefficient (Wildman–Crippen LogP) is 4.71. The summed E-state index contributed by atoms with van der Waals surface area (Å²) in [6.07, 6.45) is 11.7. The molecule has 1 aromatic rings. The Balaban J connectivity index is 1.51. The standard InChI is InChI=1S/C22H31NO2/c1-2-18-4-8-21(9-5-18)25-22-10-6-19(7-11-22)20-12-15-23(16-13-20)14-3-17-24/h6-7,10-12,17-18,21H,2-5,8-9,13-16H2,1H3. The first-order valence-electron chi connectivity index (χ1n) is 9.90. The number of carbonyl (C=O) groups is 1. The third kappa shape index (κ3) is 5.18. The average Bonchev–Trinajstić information content (AvgIpc) is 2.68. The molecule has 1 saturated carbocycles. The molecule has 0 saturated heterocycles. The van der Waals surface area contributed by atoms with Crippen molar-refractivity contribution in [2.45, 2.75) is 58.0 Å². The zero-order valence-corrected chi connectivity index (χ0v) is 15.5. The van der Waals surface area contributed by atoms with Crippen molar-refractivity contribution in [1.82, 2.24) is 4.90 Å². The Morgan fingerprint density at radius 2 is 1.92 bits per heavy atom. The number of ether oxygens (including phenoxy) is 1. The van der Waals surface area contributed by atoms with Crippen molar-refractivity contribution in [3.63, 3.8) is 0 Å². The van der Waals surface area contributed by atoms with Crippen LogP contribution in [0.5, 0.6) is 5.75 Å². The molecule has 3 nitrogen and oxygen atoms in total. The van der Waals surface area contributed by atoms with Crippen LogP contribution < -0.4 is 4.74 Å². The molecule has 136 valence electrons. The van der Waals surface area contributed by atoms with Crippen LogP contribution in [0.1, 0.15) is 57.4 Å². The zero-order chi connectivity index (χ0) is 17.5. The first kappa shape index (κ1) is 18.2. The summed E-state index contributed by atoms with van der Waals surface area (Å²) < 4.78 is 6.19. The Labute approximate surface area is 152 Å². The highest BCUT2D eigenvalue weighted by Crippen LogP contribution is 2.30. The van der Waals surface area contributed by atoms with Crippen molar-refractivity contribution < 1.29 is 9.53 Å². The van der Waals surface area contributed by atoms with Gasteiger partial charge < -0.3 is 9.53 Å². The van der Waals surface area contributed by atoms with Gasteiger partial charge in [0.05, 0.1) is 6.10 Å². The molecule has 0 spiro atoms. The Morgan fingerprint density at radius 3 is 2.52 bits per heavy atom. The number of benzene rings is 1. The number of aldehydes is 1. The van der Waals surface area contributed by atoms with Gasteiger partial charge in [-0.3, -0.25) is 4.90 Å². The van der Waals surface area contributed by atoms with E-state index in [1.54, 1.807) is 0 Å². The molecule has 1 aliphatic carbocycles. The SMILES string of the molecule is CCC1CCC(Oc2ccc(C3=CCN(CCC=O)CC3)cc2)CC1. The fraction of sp³-hybridized carbons (Fsp3) is 0.591. The van der Waals surface area contributed by atoms with Gasteiger partial charge in [-0.05, 0) is 61.3 Å². The molecule has 1 aromatic carbocycles. The van der Waals surface area contributed by atoms with Gasteiger partial charge in [0.1, 0.15) is 12.0 Å². The molecule has 0 aromatic heterocycles. The van der Waals surface area contributed by atoms with Crippen LogP contribution in [0, 0.1) is 5.92 Å². The topological polar surface area (TPSA) is 29.5 Å². The number of carbonyl (C=O) groups excluding carboxylic acids is 1. The van der Waals surface area contributed by atoms with Crippen molar-refractivity contribution >= 4 is 11.9 Å². The third-order valence-electron chi connectivity index (χ3n) is 5.76. The van der Waals surface area contributed by atoms with Crippen LogP contribution in [-0.4, -0.2) is 36.9 Å². The average molecular weight is 341 g/mol. The molecule has 0 atom stereocenters. The number of rotatable bonds is 7. The van der Waals surface area contributed by atoms with Crippen molar-refractivity contribution in [3.8, 4) is 5.75 Å². The van der Waals surface area contributed by atoms with Gasteiger partial charge in [0, 0.05) is 26.1 Å². The van der Waals surface area contributed by atoms with Crippen molar-refractivity contribution in [2.24, 2.45) is 5.92 Å². The van der Waals surface area contributed by atoms with Crippen LogP contribution in [0.2, 0.25) is 0 Å². The number of nitrogens with zero attached hydrogens (tertiary/aromatic N) is 1. The van der Waals surface area contributed by atoms with E-state index in [2.05, 4.69) is 42.2 Å². The quantitative estimate of drug-likeness (QED) is 0.673. The molecule has 2 aliphatic rings. The van der Waals surface area contributed by atoms with E-state index in [9.17, 15) is 4.79 Å². The molecule has 1 fully saturated rings. The van der Waals surface area contributed by atoms with E-state index < -0.39 is 0 Å². The molecule has 1 aliphatic heterocycles. The molecular weight excluding hydrogens is 310 g/mol.